The average molecular weight is 680 g/mol. The summed E-state index contributed by atoms with van der Waals surface area (Å²) in [6.07, 6.45) is -3.53. The summed E-state index contributed by atoms with van der Waals surface area (Å²) in [5, 5.41) is 9.18. The zero-order chi connectivity index (χ0) is 35.1. The molecule has 48 heavy (non-hydrogen) atoms. The number of aromatic nitrogens is 5. The van der Waals surface area contributed by atoms with Crippen molar-refractivity contribution in [3.8, 4) is 28.6 Å². The molecule has 0 aliphatic carbocycles. The van der Waals surface area contributed by atoms with Gasteiger partial charge in [-0.05, 0) is 43.3 Å². The summed E-state index contributed by atoms with van der Waals surface area (Å²) in [6, 6.07) is 7.38. The third-order valence-electron chi connectivity index (χ3n) is 6.99. The minimum Gasteiger partial charge on any atom is -0.497 e. The maximum atomic E-state index is 15.5. The van der Waals surface area contributed by atoms with E-state index in [1.165, 1.54) is 10.9 Å². The highest BCUT2D eigenvalue weighted by molar-refractivity contribution is 6.06. The zero-order valence-electron chi connectivity index (χ0n) is 25.3. The molecule has 0 spiro atoms. The Bertz CT molecular complexity index is 2050. The van der Waals surface area contributed by atoms with Gasteiger partial charge in [0, 0.05) is 38.0 Å². The minimum absolute atomic E-state index is 0.151. The molecule has 0 atom stereocenters. The second-order valence-corrected chi connectivity index (χ2v) is 10.2. The molecule has 0 aliphatic rings. The maximum absolute atomic E-state index is 15.5. The summed E-state index contributed by atoms with van der Waals surface area (Å²) in [5.41, 5.74) is -4.48. The van der Waals surface area contributed by atoms with Gasteiger partial charge in [-0.15, -0.1) is 0 Å². The van der Waals surface area contributed by atoms with Crippen LogP contribution in [0.3, 0.4) is 0 Å². The number of pyridine rings is 1. The van der Waals surface area contributed by atoms with Crippen molar-refractivity contribution in [3.05, 3.63) is 93.5 Å². The van der Waals surface area contributed by atoms with Gasteiger partial charge >= 0.3 is 12.8 Å². The number of benzene rings is 2. The molecule has 0 radical (unpaired) electrons. The largest absolute Gasteiger partial charge is 0.497 e. The van der Waals surface area contributed by atoms with Gasteiger partial charge in [-0.3, -0.25) is 19.0 Å². The molecule has 5 aromatic rings. The number of halogens is 7. The van der Waals surface area contributed by atoms with Crippen molar-refractivity contribution in [1.82, 2.24) is 24.1 Å². The number of rotatable bonds is 9. The number of alkyl halides is 5. The lowest BCUT2D eigenvalue weighted by molar-refractivity contribution is -0.137. The lowest BCUT2D eigenvalue weighted by Crippen LogP contribution is -2.26. The number of anilines is 3. The van der Waals surface area contributed by atoms with E-state index in [4.69, 9.17) is 4.74 Å². The van der Waals surface area contributed by atoms with Gasteiger partial charge in [0.1, 0.15) is 45.9 Å². The molecular formula is C30H24F7N7O4. The number of hydrogen-bond acceptors (Lipinski definition) is 7. The van der Waals surface area contributed by atoms with Crippen LogP contribution < -0.4 is 25.7 Å². The second-order valence-electron chi connectivity index (χ2n) is 10.2. The van der Waals surface area contributed by atoms with Gasteiger partial charge in [0.25, 0.3) is 11.5 Å². The summed E-state index contributed by atoms with van der Waals surface area (Å²) in [5.74, 6) is -5.33. The van der Waals surface area contributed by atoms with E-state index in [2.05, 4.69) is 25.5 Å². The fourth-order valence-corrected chi connectivity index (χ4v) is 4.87. The maximum Gasteiger partial charge on any atom is 0.420 e. The Morgan fingerprint density at radius 1 is 0.979 bits per heavy atom. The van der Waals surface area contributed by atoms with Gasteiger partial charge < -0.3 is 20.1 Å². The molecule has 0 bridgehead atoms. The van der Waals surface area contributed by atoms with Gasteiger partial charge in [-0.1, -0.05) is 0 Å². The van der Waals surface area contributed by atoms with Crippen molar-refractivity contribution in [2.45, 2.75) is 19.7 Å². The molecule has 252 valence electrons. The van der Waals surface area contributed by atoms with Crippen molar-refractivity contribution in [3.63, 3.8) is 0 Å². The number of nitrogens with one attached hydrogen (secondary N) is 2. The summed E-state index contributed by atoms with van der Waals surface area (Å²) in [4.78, 5) is 31.3. The Balaban J connectivity index is 1.72. The predicted octanol–water partition coefficient (Wildman–Crippen LogP) is 6.18. The minimum atomic E-state index is -5.07. The summed E-state index contributed by atoms with van der Waals surface area (Å²) < 4.78 is 111. The standard InChI is InChI=1S/C30H24F7N7O4/c1-14-21(13-42(2)41-14)38-22-10-9-18(30(35,36)37)26(39-22)44-28(46)24(40-27(45)15-5-7-16(8-6-15)48-29(33)34)25(43(44)3)23-19(31)11-17(47-4)12-20(23)32/h5-13,29H,1-4H3,(H,38,39)(H,40,45). The van der Waals surface area contributed by atoms with E-state index in [9.17, 15) is 31.5 Å². The van der Waals surface area contributed by atoms with E-state index >= 15 is 8.78 Å². The van der Waals surface area contributed by atoms with Crippen LogP contribution in [0.4, 0.5) is 47.9 Å². The molecule has 2 aromatic carbocycles. The monoisotopic (exact) mass is 679 g/mol. The summed E-state index contributed by atoms with van der Waals surface area (Å²) >= 11 is 0. The Morgan fingerprint density at radius 3 is 2.17 bits per heavy atom. The Morgan fingerprint density at radius 2 is 1.62 bits per heavy atom. The number of methoxy groups -OCH3 is 1. The number of nitrogens with zero attached hydrogens (tertiary/aromatic N) is 5. The van der Waals surface area contributed by atoms with Crippen molar-refractivity contribution in [2.75, 3.05) is 17.7 Å². The van der Waals surface area contributed by atoms with E-state index < -0.39 is 64.2 Å². The lowest BCUT2D eigenvalue weighted by atomic mass is 10.1. The first-order valence-corrected chi connectivity index (χ1v) is 13.7. The molecule has 5 rings (SSSR count). The molecule has 3 heterocycles. The van der Waals surface area contributed by atoms with E-state index in [-0.39, 0.29) is 22.9 Å². The first kappa shape index (κ1) is 33.6. The number of amides is 1. The summed E-state index contributed by atoms with van der Waals surface area (Å²) in [6.45, 7) is -1.52. The van der Waals surface area contributed by atoms with Crippen LogP contribution in [-0.4, -0.2) is 43.8 Å². The van der Waals surface area contributed by atoms with Crippen LogP contribution in [0.5, 0.6) is 11.5 Å². The third kappa shape index (κ3) is 6.53. The normalized spacial score (nSPS) is 11.6. The van der Waals surface area contributed by atoms with E-state index in [1.54, 1.807) is 14.0 Å². The Labute approximate surface area is 266 Å². The van der Waals surface area contributed by atoms with E-state index in [0.717, 1.165) is 56.6 Å². The van der Waals surface area contributed by atoms with Crippen LogP contribution in [0.25, 0.3) is 17.1 Å². The number of hydrogen-bond donors (Lipinski definition) is 2. The predicted molar refractivity (Wildman–Crippen MR) is 158 cm³/mol. The number of carbonyl (C=O) groups excluding carboxylic acids is 1. The SMILES string of the molecule is COc1cc(F)c(-c2c(NC(=O)c3ccc(OC(F)F)cc3)c(=O)n(-c3nc(Nc4cn(C)nc4C)ccc3C(F)(F)F)n2C)c(F)c1. The van der Waals surface area contributed by atoms with Crippen LogP contribution >= 0.6 is 0 Å². The van der Waals surface area contributed by atoms with Gasteiger partial charge in [0.05, 0.1) is 24.1 Å². The fraction of sp³-hybridized carbons (Fsp3) is 0.200. The Hall–Kier alpha value is -5.81. The fourth-order valence-electron chi connectivity index (χ4n) is 4.87. The van der Waals surface area contributed by atoms with Crippen molar-refractivity contribution in [2.24, 2.45) is 14.1 Å². The van der Waals surface area contributed by atoms with Crippen LogP contribution in [0.1, 0.15) is 21.6 Å². The Kier molecular flexibility index (Phi) is 8.92. The molecule has 1 amide bonds. The van der Waals surface area contributed by atoms with Crippen molar-refractivity contribution >= 4 is 23.1 Å². The number of aryl methyl sites for hydroxylation is 2. The van der Waals surface area contributed by atoms with Gasteiger partial charge in [0.2, 0.25) is 0 Å². The quantitative estimate of drug-likeness (QED) is 0.179. The zero-order valence-corrected chi connectivity index (χ0v) is 25.3. The van der Waals surface area contributed by atoms with E-state index in [1.807, 2.05) is 0 Å². The smallest absolute Gasteiger partial charge is 0.420 e. The van der Waals surface area contributed by atoms with Crippen molar-refractivity contribution < 1.29 is 45.0 Å². The number of ether oxygens (including phenoxy) is 2. The molecule has 0 fully saturated rings. The average Bonchev–Trinajstić information content (AvgIpc) is 3.44. The third-order valence-corrected chi connectivity index (χ3v) is 6.99. The molecule has 11 nitrogen and oxygen atoms in total. The van der Waals surface area contributed by atoms with Crippen LogP contribution in [-0.2, 0) is 20.3 Å². The van der Waals surface area contributed by atoms with Crippen LogP contribution in [0, 0.1) is 18.6 Å². The summed E-state index contributed by atoms with van der Waals surface area (Å²) in [7, 11) is 3.80. The van der Waals surface area contributed by atoms with E-state index in [0.29, 0.717) is 26.8 Å². The highest BCUT2D eigenvalue weighted by Gasteiger charge is 2.38. The topological polar surface area (TPSA) is 117 Å². The van der Waals surface area contributed by atoms with Crippen LogP contribution in [0.2, 0.25) is 0 Å². The molecule has 0 unspecified atom stereocenters. The molecule has 0 aliphatic heterocycles. The van der Waals surface area contributed by atoms with Crippen molar-refractivity contribution in [1.29, 1.82) is 0 Å². The lowest BCUT2D eigenvalue weighted by Gasteiger charge is -2.17. The van der Waals surface area contributed by atoms with Crippen LogP contribution in [0.15, 0.2) is 59.5 Å². The first-order valence-electron chi connectivity index (χ1n) is 13.7. The highest BCUT2D eigenvalue weighted by atomic mass is 19.4. The first-order chi connectivity index (χ1) is 22.6. The molecule has 0 saturated carbocycles. The molecule has 3 aromatic heterocycles. The van der Waals surface area contributed by atoms with Gasteiger partial charge in [-0.2, -0.15) is 31.7 Å². The number of carbonyl (C=O) groups is 1. The second kappa shape index (κ2) is 12.8. The van der Waals surface area contributed by atoms with Gasteiger partial charge in [-0.25, -0.2) is 13.8 Å². The molecule has 0 saturated heterocycles. The molecule has 18 heteroatoms. The molecular weight excluding hydrogens is 655 g/mol. The van der Waals surface area contributed by atoms with Gasteiger partial charge in [0.15, 0.2) is 5.82 Å². The highest BCUT2D eigenvalue weighted by Crippen LogP contribution is 2.37. The molecule has 2 N–H and O–H groups in total.